The minimum absolute atomic E-state index is 0.0362. The third kappa shape index (κ3) is 2.93. The topological polar surface area (TPSA) is 9.23 Å². The fourth-order valence-corrected chi connectivity index (χ4v) is 3.82. The SMILES string of the molecule is COC1(C(C)CC(C)(C)C)C(C)=CCCC1C. The molecule has 0 amide bonds. The summed E-state index contributed by atoms with van der Waals surface area (Å²) in [6, 6.07) is 0. The number of ether oxygens (including phenoxy) is 1. The molecule has 0 aromatic rings. The van der Waals surface area contributed by atoms with Crippen LogP contribution in [-0.4, -0.2) is 12.7 Å². The number of methoxy groups -OCH3 is 1. The lowest BCUT2D eigenvalue weighted by molar-refractivity contribution is -0.0785. The van der Waals surface area contributed by atoms with E-state index < -0.39 is 0 Å². The van der Waals surface area contributed by atoms with Crippen molar-refractivity contribution in [2.75, 3.05) is 7.11 Å². The Balaban J connectivity index is 3.01. The molecule has 0 saturated carbocycles. The Hall–Kier alpha value is -0.300. The van der Waals surface area contributed by atoms with Gasteiger partial charge in [0.1, 0.15) is 0 Å². The lowest BCUT2D eigenvalue weighted by Crippen LogP contribution is -2.48. The Morgan fingerprint density at radius 3 is 2.47 bits per heavy atom. The first kappa shape index (κ1) is 14.8. The van der Waals surface area contributed by atoms with Crippen LogP contribution < -0.4 is 0 Å². The van der Waals surface area contributed by atoms with Crippen LogP contribution in [-0.2, 0) is 4.74 Å². The highest BCUT2D eigenvalue weighted by atomic mass is 16.5. The van der Waals surface area contributed by atoms with Crippen molar-refractivity contribution in [3.63, 3.8) is 0 Å². The van der Waals surface area contributed by atoms with Crippen LogP contribution in [0.4, 0.5) is 0 Å². The molecule has 0 aromatic heterocycles. The second kappa shape index (κ2) is 5.14. The molecule has 0 radical (unpaired) electrons. The lowest BCUT2D eigenvalue weighted by atomic mass is 9.65. The largest absolute Gasteiger partial charge is 0.373 e. The Morgan fingerprint density at radius 1 is 1.47 bits per heavy atom. The quantitative estimate of drug-likeness (QED) is 0.640. The van der Waals surface area contributed by atoms with Gasteiger partial charge in [0.15, 0.2) is 0 Å². The molecule has 1 aliphatic rings. The van der Waals surface area contributed by atoms with Crippen molar-refractivity contribution in [2.24, 2.45) is 17.3 Å². The molecule has 1 rings (SSSR count). The van der Waals surface area contributed by atoms with Crippen molar-refractivity contribution < 1.29 is 4.74 Å². The van der Waals surface area contributed by atoms with Gasteiger partial charge in [-0.05, 0) is 49.0 Å². The summed E-state index contributed by atoms with van der Waals surface area (Å²) in [4.78, 5) is 0. The average molecular weight is 238 g/mol. The third-order valence-corrected chi connectivity index (χ3v) is 4.39. The van der Waals surface area contributed by atoms with Gasteiger partial charge in [-0.1, -0.05) is 40.7 Å². The molecule has 1 nitrogen and oxygen atoms in total. The molecule has 0 heterocycles. The van der Waals surface area contributed by atoms with E-state index in [-0.39, 0.29) is 5.60 Å². The Morgan fingerprint density at radius 2 is 2.06 bits per heavy atom. The highest BCUT2D eigenvalue weighted by Gasteiger charge is 2.45. The predicted octanol–water partition coefficient (Wildman–Crippen LogP) is 4.82. The normalized spacial score (nSPS) is 32.2. The first-order valence-corrected chi connectivity index (χ1v) is 6.96. The number of hydrogen-bond acceptors (Lipinski definition) is 1. The van der Waals surface area contributed by atoms with Crippen molar-refractivity contribution in [1.29, 1.82) is 0 Å². The maximum Gasteiger partial charge on any atom is 0.0936 e. The summed E-state index contributed by atoms with van der Waals surface area (Å²) in [6.07, 6.45) is 6.04. The van der Waals surface area contributed by atoms with Crippen LogP contribution in [0.15, 0.2) is 11.6 Å². The number of allylic oxidation sites excluding steroid dienone is 1. The van der Waals surface area contributed by atoms with Crippen LogP contribution in [0.3, 0.4) is 0 Å². The summed E-state index contributed by atoms with van der Waals surface area (Å²) < 4.78 is 6.04. The van der Waals surface area contributed by atoms with E-state index in [1.807, 2.05) is 7.11 Å². The minimum atomic E-state index is -0.0362. The van der Waals surface area contributed by atoms with Crippen molar-refractivity contribution >= 4 is 0 Å². The van der Waals surface area contributed by atoms with Crippen LogP contribution in [0.2, 0.25) is 0 Å². The molecule has 17 heavy (non-hydrogen) atoms. The van der Waals surface area contributed by atoms with Crippen LogP contribution >= 0.6 is 0 Å². The summed E-state index contributed by atoms with van der Waals surface area (Å²) >= 11 is 0. The van der Waals surface area contributed by atoms with Crippen molar-refractivity contribution in [2.45, 2.75) is 66.4 Å². The highest BCUT2D eigenvalue weighted by Crippen LogP contribution is 2.46. The second-order valence-corrected chi connectivity index (χ2v) is 7.03. The molecule has 0 N–H and O–H groups in total. The molecular weight excluding hydrogens is 208 g/mol. The minimum Gasteiger partial charge on any atom is -0.373 e. The monoisotopic (exact) mass is 238 g/mol. The van der Waals surface area contributed by atoms with E-state index in [1.54, 1.807) is 0 Å². The van der Waals surface area contributed by atoms with Crippen LogP contribution in [0.1, 0.15) is 60.8 Å². The second-order valence-electron chi connectivity index (χ2n) is 7.03. The number of hydrogen-bond donors (Lipinski definition) is 0. The summed E-state index contributed by atoms with van der Waals surface area (Å²) in [5, 5.41) is 0. The van der Waals surface area contributed by atoms with E-state index in [0.717, 1.165) is 0 Å². The van der Waals surface area contributed by atoms with E-state index in [4.69, 9.17) is 4.74 Å². The summed E-state index contributed by atoms with van der Waals surface area (Å²) in [7, 11) is 1.89. The lowest BCUT2D eigenvalue weighted by Gasteiger charge is -2.47. The molecular formula is C16H30O. The van der Waals surface area contributed by atoms with Crippen molar-refractivity contribution in [3.05, 3.63) is 11.6 Å². The molecule has 3 atom stereocenters. The highest BCUT2D eigenvalue weighted by molar-refractivity contribution is 5.21. The zero-order valence-corrected chi connectivity index (χ0v) is 12.8. The van der Waals surface area contributed by atoms with Gasteiger partial charge in [0.25, 0.3) is 0 Å². The van der Waals surface area contributed by atoms with Crippen molar-refractivity contribution in [3.8, 4) is 0 Å². The van der Waals surface area contributed by atoms with Gasteiger partial charge in [-0.2, -0.15) is 0 Å². The molecule has 0 bridgehead atoms. The molecule has 1 aliphatic carbocycles. The fourth-order valence-electron chi connectivity index (χ4n) is 3.82. The molecule has 0 aromatic carbocycles. The van der Waals surface area contributed by atoms with Gasteiger partial charge < -0.3 is 4.74 Å². The van der Waals surface area contributed by atoms with E-state index in [9.17, 15) is 0 Å². The van der Waals surface area contributed by atoms with E-state index in [1.165, 1.54) is 24.8 Å². The number of rotatable bonds is 3. The van der Waals surface area contributed by atoms with Gasteiger partial charge in [0.2, 0.25) is 0 Å². The molecule has 3 unspecified atom stereocenters. The van der Waals surface area contributed by atoms with E-state index in [0.29, 0.717) is 17.3 Å². The maximum absolute atomic E-state index is 6.04. The van der Waals surface area contributed by atoms with Gasteiger partial charge in [-0.15, -0.1) is 0 Å². The van der Waals surface area contributed by atoms with Crippen LogP contribution in [0, 0.1) is 17.3 Å². The Bertz CT molecular complexity index is 284. The van der Waals surface area contributed by atoms with Crippen molar-refractivity contribution in [1.82, 2.24) is 0 Å². The zero-order valence-electron chi connectivity index (χ0n) is 12.8. The first-order chi connectivity index (χ1) is 7.74. The molecule has 0 spiro atoms. The average Bonchev–Trinajstić information content (AvgIpc) is 2.15. The molecule has 0 aliphatic heterocycles. The van der Waals surface area contributed by atoms with Gasteiger partial charge >= 0.3 is 0 Å². The molecule has 0 fully saturated rings. The van der Waals surface area contributed by atoms with Gasteiger partial charge in [-0.3, -0.25) is 0 Å². The van der Waals surface area contributed by atoms with E-state index in [2.05, 4.69) is 47.6 Å². The summed E-state index contributed by atoms with van der Waals surface area (Å²) in [6.45, 7) is 13.9. The maximum atomic E-state index is 6.04. The van der Waals surface area contributed by atoms with Crippen LogP contribution in [0.25, 0.3) is 0 Å². The predicted molar refractivity (Wildman–Crippen MR) is 75.1 cm³/mol. The third-order valence-electron chi connectivity index (χ3n) is 4.39. The van der Waals surface area contributed by atoms with Gasteiger partial charge in [0, 0.05) is 7.11 Å². The zero-order chi connectivity index (χ0) is 13.3. The standard InChI is InChI=1S/C16H30O/c1-12-9-8-10-13(2)16(12,17-7)14(3)11-15(4,5)6/h9,13-14H,8,10-11H2,1-7H3. The fraction of sp³-hybridized carbons (Fsp3) is 0.875. The molecule has 100 valence electrons. The van der Waals surface area contributed by atoms with Crippen LogP contribution in [0.5, 0.6) is 0 Å². The summed E-state index contributed by atoms with van der Waals surface area (Å²) in [5.74, 6) is 1.19. The van der Waals surface area contributed by atoms with E-state index >= 15 is 0 Å². The van der Waals surface area contributed by atoms with Gasteiger partial charge in [-0.25, -0.2) is 0 Å². The Kier molecular flexibility index (Phi) is 4.46. The molecule has 0 saturated heterocycles. The smallest absolute Gasteiger partial charge is 0.0936 e. The Labute approximate surface area is 108 Å². The summed E-state index contributed by atoms with van der Waals surface area (Å²) in [5.41, 5.74) is 1.77. The first-order valence-electron chi connectivity index (χ1n) is 6.96. The van der Waals surface area contributed by atoms with Gasteiger partial charge in [0.05, 0.1) is 5.60 Å². The molecule has 1 heteroatoms.